The van der Waals surface area contributed by atoms with Crippen molar-refractivity contribution in [2.45, 2.75) is 40.3 Å². The van der Waals surface area contributed by atoms with Crippen LogP contribution in [0.25, 0.3) is 10.8 Å². The monoisotopic (exact) mass is 461 g/mol. The second kappa shape index (κ2) is 10.6. The van der Waals surface area contributed by atoms with Crippen molar-refractivity contribution in [2.75, 3.05) is 19.6 Å². The first-order valence-corrected chi connectivity index (χ1v) is 11.6. The van der Waals surface area contributed by atoms with Gasteiger partial charge in [-0.2, -0.15) is 0 Å². The first kappa shape index (κ1) is 23.6. The summed E-state index contributed by atoms with van der Waals surface area (Å²) in [4.78, 5) is 15.7. The molecule has 2 aromatic heterocycles. The molecule has 0 radical (unpaired) electrons. The molecule has 2 aromatic carbocycles. The Morgan fingerprint density at radius 3 is 2.44 bits per heavy atom. The summed E-state index contributed by atoms with van der Waals surface area (Å²) in [7, 11) is 0. The Hall–Kier alpha value is -3.58. The molecular formula is C27H31N3O4. The van der Waals surface area contributed by atoms with Crippen molar-refractivity contribution in [3.8, 4) is 5.75 Å². The molecular weight excluding hydrogens is 430 g/mol. The molecule has 0 saturated heterocycles. The van der Waals surface area contributed by atoms with Crippen molar-refractivity contribution < 1.29 is 18.5 Å². The van der Waals surface area contributed by atoms with E-state index in [0.717, 1.165) is 40.9 Å². The Kier molecular flexibility index (Phi) is 7.33. The molecule has 0 aliphatic carbocycles. The number of carbonyl (C=O) groups excluding carboxylic acids is 1. The summed E-state index contributed by atoms with van der Waals surface area (Å²) in [5.74, 6) is 1.87. The highest BCUT2D eigenvalue weighted by Gasteiger charge is 2.23. The molecule has 1 amide bonds. The molecule has 0 fully saturated rings. The van der Waals surface area contributed by atoms with Crippen molar-refractivity contribution >= 4 is 16.7 Å². The highest BCUT2D eigenvalue weighted by atomic mass is 16.5. The van der Waals surface area contributed by atoms with Crippen molar-refractivity contribution in [2.24, 2.45) is 0 Å². The number of hydrogen-bond donors (Lipinski definition) is 1. The number of likely N-dealkylation sites (N-methyl/N-ethyl adjacent to an activating group) is 1. The number of rotatable bonds is 10. The minimum Gasteiger partial charge on any atom is -0.488 e. The Morgan fingerprint density at radius 1 is 1.09 bits per heavy atom. The van der Waals surface area contributed by atoms with Gasteiger partial charge < -0.3 is 19.0 Å². The fraction of sp³-hybridized carbons (Fsp3) is 0.333. The third-order valence-electron chi connectivity index (χ3n) is 6.23. The summed E-state index contributed by atoms with van der Waals surface area (Å²) >= 11 is 0. The van der Waals surface area contributed by atoms with Crippen LogP contribution in [0.3, 0.4) is 0 Å². The van der Waals surface area contributed by atoms with Gasteiger partial charge in [0.25, 0.3) is 5.91 Å². The minimum absolute atomic E-state index is 0.0546. The van der Waals surface area contributed by atoms with Crippen molar-refractivity contribution in [1.29, 1.82) is 0 Å². The van der Waals surface area contributed by atoms with Crippen LogP contribution >= 0.6 is 0 Å². The number of amides is 1. The SMILES string of the molecule is CCN(CC)C(CNC(=O)c1cc2ccccc2cc1OCc1c(C)noc1C)c1ccco1. The highest BCUT2D eigenvalue weighted by Crippen LogP contribution is 2.28. The second-order valence-corrected chi connectivity index (χ2v) is 8.25. The van der Waals surface area contributed by atoms with Crippen LogP contribution in [0.4, 0.5) is 0 Å². The predicted molar refractivity (Wildman–Crippen MR) is 131 cm³/mol. The second-order valence-electron chi connectivity index (χ2n) is 8.25. The summed E-state index contributed by atoms with van der Waals surface area (Å²) in [5.41, 5.74) is 2.16. The summed E-state index contributed by atoms with van der Waals surface area (Å²) < 4.78 is 17.1. The molecule has 4 aromatic rings. The number of hydrogen-bond acceptors (Lipinski definition) is 6. The van der Waals surface area contributed by atoms with E-state index in [4.69, 9.17) is 13.7 Å². The van der Waals surface area contributed by atoms with E-state index in [9.17, 15) is 4.79 Å². The Bertz CT molecular complexity index is 1220. The van der Waals surface area contributed by atoms with Crippen molar-refractivity contribution in [3.05, 3.63) is 83.1 Å². The number of aromatic nitrogens is 1. The van der Waals surface area contributed by atoms with E-state index in [0.29, 0.717) is 23.6 Å². The normalized spacial score (nSPS) is 12.3. The lowest BCUT2D eigenvalue weighted by atomic mass is 10.0. The number of furan rings is 1. The number of benzene rings is 2. The largest absolute Gasteiger partial charge is 0.488 e. The number of nitrogens with zero attached hydrogens (tertiary/aromatic N) is 2. The zero-order valence-electron chi connectivity index (χ0n) is 20.1. The fourth-order valence-corrected chi connectivity index (χ4v) is 4.21. The third-order valence-corrected chi connectivity index (χ3v) is 6.23. The Balaban J connectivity index is 1.59. The van der Waals surface area contributed by atoms with E-state index in [1.165, 1.54) is 0 Å². The molecule has 0 bridgehead atoms. The molecule has 1 atom stereocenters. The zero-order valence-corrected chi connectivity index (χ0v) is 20.1. The standard InChI is InChI=1S/C27H31N3O4/c1-5-30(6-2)24(25-12-9-13-32-25)16-28-27(31)22-14-20-10-7-8-11-21(20)15-26(22)33-17-23-18(3)29-34-19(23)4/h7-15,24H,5-6,16-17H2,1-4H3,(H,28,31). The van der Waals surface area contributed by atoms with Crippen molar-refractivity contribution in [1.82, 2.24) is 15.4 Å². The van der Waals surface area contributed by atoms with Crippen LogP contribution in [-0.2, 0) is 6.61 Å². The molecule has 1 N–H and O–H groups in total. The smallest absolute Gasteiger partial charge is 0.255 e. The Morgan fingerprint density at radius 2 is 1.82 bits per heavy atom. The van der Waals surface area contributed by atoms with Crippen molar-refractivity contribution in [3.63, 3.8) is 0 Å². The molecule has 0 aliphatic heterocycles. The molecule has 7 heteroatoms. The first-order chi connectivity index (χ1) is 16.5. The van der Waals surface area contributed by atoms with Gasteiger partial charge in [0.1, 0.15) is 23.9 Å². The van der Waals surface area contributed by atoms with Crippen LogP contribution in [0.15, 0.2) is 63.7 Å². The predicted octanol–water partition coefficient (Wildman–Crippen LogP) is 5.43. The average molecular weight is 462 g/mol. The quantitative estimate of drug-likeness (QED) is 0.339. The number of carbonyl (C=O) groups is 1. The van der Waals surface area contributed by atoms with Gasteiger partial charge in [-0.25, -0.2) is 0 Å². The lowest BCUT2D eigenvalue weighted by Gasteiger charge is -2.28. The van der Waals surface area contributed by atoms with Gasteiger partial charge in [-0.05, 0) is 62.0 Å². The van der Waals surface area contributed by atoms with Gasteiger partial charge in [-0.1, -0.05) is 43.3 Å². The molecule has 0 spiro atoms. The van der Waals surface area contributed by atoms with E-state index >= 15 is 0 Å². The summed E-state index contributed by atoms with van der Waals surface area (Å²) in [6.07, 6.45) is 1.66. The molecule has 0 aliphatic rings. The molecule has 4 rings (SSSR count). The van der Waals surface area contributed by atoms with E-state index in [1.54, 1.807) is 6.26 Å². The molecule has 7 nitrogen and oxygen atoms in total. The van der Waals surface area contributed by atoms with Gasteiger partial charge in [0, 0.05) is 6.54 Å². The Labute approximate surface area is 199 Å². The van der Waals surface area contributed by atoms with Gasteiger partial charge >= 0.3 is 0 Å². The summed E-state index contributed by atoms with van der Waals surface area (Å²) in [5, 5.41) is 9.08. The van der Waals surface area contributed by atoms with Crippen LogP contribution in [0.1, 0.15) is 53.0 Å². The van der Waals surface area contributed by atoms with E-state index in [2.05, 4.69) is 29.2 Å². The van der Waals surface area contributed by atoms with Gasteiger partial charge in [0.15, 0.2) is 0 Å². The summed E-state index contributed by atoms with van der Waals surface area (Å²) in [6, 6.07) is 15.5. The lowest BCUT2D eigenvalue weighted by molar-refractivity contribution is 0.0925. The van der Waals surface area contributed by atoms with Crippen LogP contribution in [0.2, 0.25) is 0 Å². The molecule has 34 heavy (non-hydrogen) atoms. The molecule has 0 saturated carbocycles. The van der Waals surface area contributed by atoms with Gasteiger partial charge in [0.2, 0.25) is 0 Å². The number of ether oxygens (including phenoxy) is 1. The molecule has 178 valence electrons. The molecule has 2 heterocycles. The highest BCUT2D eigenvalue weighted by molar-refractivity contribution is 6.01. The third kappa shape index (κ3) is 4.99. The van der Waals surface area contributed by atoms with E-state index < -0.39 is 0 Å². The summed E-state index contributed by atoms with van der Waals surface area (Å²) in [6.45, 7) is 10.3. The average Bonchev–Trinajstić information content (AvgIpc) is 3.49. The fourth-order valence-electron chi connectivity index (χ4n) is 4.21. The maximum Gasteiger partial charge on any atom is 0.255 e. The maximum atomic E-state index is 13.4. The van der Waals surface area contributed by atoms with Gasteiger partial charge in [0.05, 0.1) is 29.1 Å². The first-order valence-electron chi connectivity index (χ1n) is 11.6. The van der Waals surface area contributed by atoms with Crippen LogP contribution in [0, 0.1) is 13.8 Å². The molecule has 1 unspecified atom stereocenters. The van der Waals surface area contributed by atoms with Gasteiger partial charge in [-0.3, -0.25) is 9.69 Å². The lowest BCUT2D eigenvalue weighted by Crippen LogP contribution is -2.38. The van der Waals surface area contributed by atoms with Gasteiger partial charge in [-0.15, -0.1) is 0 Å². The zero-order chi connectivity index (χ0) is 24.1. The number of fused-ring (bicyclic) bond motifs is 1. The minimum atomic E-state index is -0.191. The van der Waals surface area contributed by atoms with Crippen LogP contribution < -0.4 is 10.1 Å². The van der Waals surface area contributed by atoms with Crippen LogP contribution in [0.5, 0.6) is 5.75 Å². The van der Waals surface area contributed by atoms with E-state index in [1.807, 2.05) is 62.4 Å². The topological polar surface area (TPSA) is 80.7 Å². The van der Waals surface area contributed by atoms with Crippen LogP contribution in [-0.4, -0.2) is 35.6 Å². The number of nitrogens with one attached hydrogen (secondary N) is 1. The maximum absolute atomic E-state index is 13.4. The van der Waals surface area contributed by atoms with E-state index in [-0.39, 0.29) is 18.6 Å². The number of aryl methyl sites for hydroxylation is 2.